The van der Waals surface area contributed by atoms with Crippen LogP contribution in [-0.4, -0.2) is 38.4 Å². The van der Waals surface area contributed by atoms with Crippen LogP contribution in [0.25, 0.3) is 11.1 Å². The average molecular weight is 796 g/mol. The van der Waals surface area contributed by atoms with Gasteiger partial charge in [-0.1, -0.05) is 157 Å². The van der Waals surface area contributed by atoms with Crippen LogP contribution in [0.2, 0.25) is 10.0 Å². The molecule has 0 heterocycles. The van der Waals surface area contributed by atoms with Crippen molar-refractivity contribution in [3.63, 3.8) is 0 Å². The van der Waals surface area contributed by atoms with E-state index < -0.39 is 27.8 Å². The maximum Gasteiger partial charge on any atom is 0.344 e. The number of halogens is 2. The number of ether oxygens (including phenoxy) is 4. The van der Waals surface area contributed by atoms with Crippen LogP contribution in [-0.2, 0) is 19.1 Å². The molecular formula is C44H38Cl2O6P2. The summed E-state index contributed by atoms with van der Waals surface area (Å²) in [5, 5.41) is 6.61. The van der Waals surface area contributed by atoms with Crippen molar-refractivity contribution >= 4 is 82.8 Å². The normalized spacial score (nSPS) is 11.0. The van der Waals surface area contributed by atoms with Crippen molar-refractivity contribution in [2.75, 3.05) is 26.4 Å². The van der Waals surface area contributed by atoms with E-state index in [1.165, 1.54) is 0 Å². The summed E-state index contributed by atoms with van der Waals surface area (Å²) in [4.78, 5) is 25.7. The zero-order valence-corrected chi connectivity index (χ0v) is 33.1. The first kappa shape index (κ1) is 39.0. The van der Waals surface area contributed by atoms with Gasteiger partial charge in [0, 0.05) is 11.1 Å². The van der Waals surface area contributed by atoms with Gasteiger partial charge in [0.05, 0.1) is 23.3 Å². The van der Waals surface area contributed by atoms with E-state index in [0.717, 1.165) is 31.8 Å². The highest BCUT2D eigenvalue weighted by Crippen LogP contribution is 2.50. The van der Waals surface area contributed by atoms with Crippen molar-refractivity contribution in [2.24, 2.45) is 0 Å². The Bertz CT molecular complexity index is 1940. The summed E-state index contributed by atoms with van der Waals surface area (Å²) in [6, 6.07) is 48.5. The third-order valence-corrected chi connectivity index (χ3v) is 13.8. The lowest BCUT2D eigenvalue weighted by Crippen LogP contribution is -2.27. The SMILES string of the molecule is CCOC(=O)COc1c(Cl)ccc(P(c2ccccc2)c2ccccc2)c1-c1c(P(c2ccccc2)c2ccccc2)ccc(Cl)c1OCC(=O)OCC. The van der Waals surface area contributed by atoms with E-state index in [1.54, 1.807) is 26.0 Å². The zero-order valence-electron chi connectivity index (χ0n) is 29.8. The Kier molecular flexibility index (Phi) is 13.8. The van der Waals surface area contributed by atoms with Gasteiger partial charge in [0.25, 0.3) is 0 Å². The fraction of sp³-hybridized carbons (Fsp3) is 0.136. The van der Waals surface area contributed by atoms with Gasteiger partial charge in [0.15, 0.2) is 13.2 Å². The topological polar surface area (TPSA) is 71.1 Å². The van der Waals surface area contributed by atoms with E-state index in [2.05, 4.69) is 48.5 Å². The Morgan fingerprint density at radius 3 is 1.04 bits per heavy atom. The van der Waals surface area contributed by atoms with Crippen LogP contribution in [0.1, 0.15) is 13.8 Å². The van der Waals surface area contributed by atoms with E-state index in [4.69, 9.17) is 42.1 Å². The second-order valence-electron chi connectivity index (χ2n) is 11.7. The maximum atomic E-state index is 12.9. The molecule has 6 aromatic carbocycles. The van der Waals surface area contributed by atoms with Gasteiger partial charge in [-0.05, 0) is 73.7 Å². The molecule has 6 rings (SSSR count). The van der Waals surface area contributed by atoms with Gasteiger partial charge in [-0.2, -0.15) is 0 Å². The molecule has 274 valence electrons. The van der Waals surface area contributed by atoms with Crippen molar-refractivity contribution in [3.8, 4) is 22.6 Å². The first-order chi connectivity index (χ1) is 26.4. The van der Waals surface area contributed by atoms with E-state index in [-0.39, 0.29) is 48.0 Å². The summed E-state index contributed by atoms with van der Waals surface area (Å²) in [5.74, 6) is -0.553. The largest absolute Gasteiger partial charge is 0.480 e. The van der Waals surface area contributed by atoms with E-state index in [9.17, 15) is 9.59 Å². The van der Waals surface area contributed by atoms with Gasteiger partial charge in [-0.25, -0.2) is 9.59 Å². The van der Waals surface area contributed by atoms with Gasteiger partial charge in [-0.3, -0.25) is 0 Å². The number of carbonyl (C=O) groups is 2. The predicted octanol–water partition coefficient (Wildman–Crippen LogP) is 8.06. The summed E-state index contributed by atoms with van der Waals surface area (Å²) in [6.07, 6.45) is 0. The predicted molar refractivity (Wildman–Crippen MR) is 224 cm³/mol. The number of benzene rings is 6. The zero-order chi connectivity index (χ0) is 37.9. The lowest BCUT2D eigenvalue weighted by molar-refractivity contribution is -0.146. The van der Waals surface area contributed by atoms with Crippen molar-refractivity contribution in [1.82, 2.24) is 0 Å². The fourth-order valence-electron chi connectivity index (χ4n) is 6.06. The van der Waals surface area contributed by atoms with Crippen molar-refractivity contribution in [2.45, 2.75) is 13.8 Å². The molecule has 0 aliphatic rings. The first-order valence-electron chi connectivity index (χ1n) is 17.4. The molecule has 0 unspecified atom stereocenters. The highest BCUT2D eigenvalue weighted by Gasteiger charge is 2.32. The Morgan fingerprint density at radius 2 is 0.759 bits per heavy atom. The molecule has 0 saturated carbocycles. The molecule has 0 amide bonds. The van der Waals surface area contributed by atoms with Crippen LogP contribution >= 0.6 is 39.0 Å². The van der Waals surface area contributed by atoms with Crippen LogP contribution in [0.4, 0.5) is 0 Å². The minimum atomic E-state index is -1.28. The highest BCUT2D eigenvalue weighted by molar-refractivity contribution is 7.80. The Hall–Kier alpha value is -4.70. The number of hydrogen-bond donors (Lipinski definition) is 0. The molecular weight excluding hydrogens is 757 g/mol. The number of esters is 2. The molecule has 10 heteroatoms. The molecule has 0 aromatic heterocycles. The number of hydrogen-bond acceptors (Lipinski definition) is 6. The molecule has 6 nitrogen and oxygen atoms in total. The number of carbonyl (C=O) groups excluding carboxylic acids is 2. The third-order valence-electron chi connectivity index (χ3n) is 8.24. The second kappa shape index (κ2) is 19.1. The van der Waals surface area contributed by atoms with Gasteiger partial charge >= 0.3 is 11.9 Å². The van der Waals surface area contributed by atoms with Gasteiger partial charge in [0.2, 0.25) is 0 Å². The summed E-state index contributed by atoms with van der Waals surface area (Å²) in [6.45, 7) is 3.09. The molecule has 0 bridgehead atoms. The molecule has 0 spiro atoms. The minimum absolute atomic E-state index is 0.193. The van der Waals surface area contributed by atoms with Crippen LogP contribution in [0.3, 0.4) is 0 Å². The fourth-order valence-corrected chi connectivity index (χ4v) is 11.4. The molecule has 6 aromatic rings. The first-order valence-corrected chi connectivity index (χ1v) is 20.9. The minimum Gasteiger partial charge on any atom is -0.480 e. The molecule has 0 aliphatic carbocycles. The van der Waals surface area contributed by atoms with Crippen LogP contribution in [0, 0.1) is 0 Å². The van der Waals surface area contributed by atoms with Crippen molar-refractivity contribution in [1.29, 1.82) is 0 Å². The van der Waals surface area contributed by atoms with Gasteiger partial charge < -0.3 is 18.9 Å². The Morgan fingerprint density at radius 1 is 0.463 bits per heavy atom. The molecule has 0 saturated heterocycles. The molecule has 0 radical (unpaired) electrons. The molecule has 0 atom stereocenters. The van der Waals surface area contributed by atoms with E-state index in [0.29, 0.717) is 11.1 Å². The van der Waals surface area contributed by atoms with Crippen molar-refractivity contribution < 1.29 is 28.5 Å². The lowest BCUT2D eigenvalue weighted by Gasteiger charge is -2.29. The molecule has 54 heavy (non-hydrogen) atoms. The highest BCUT2D eigenvalue weighted by atomic mass is 35.5. The molecule has 0 fully saturated rings. The summed E-state index contributed by atoms with van der Waals surface area (Å²) in [7, 11) is -2.56. The number of rotatable bonds is 15. The molecule has 0 aliphatic heterocycles. The second-order valence-corrected chi connectivity index (χ2v) is 16.9. The maximum absolute atomic E-state index is 12.9. The van der Waals surface area contributed by atoms with Gasteiger partial charge in [-0.15, -0.1) is 0 Å². The third kappa shape index (κ3) is 9.14. The summed E-state index contributed by atoms with van der Waals surface area (Å²) < 4.78 is 23.4. The molecule has 0 N–H and O–H groups in total. The Balaban J connectivity index is 1.75. The van der Waals surface area contributed by atoms with Crippen molar-refractivity contribution in [3.05, 3.63) is 156 Å². The average Bonchev–Trinajstić information content (AvgIpc) is 3.20. The standard InChI is InChI=1S/C44H38Cl2O6P2/c1-3-49-39(47)29-51-43-35(45)25-27-37(53(31-17-9-5-10-18-31)32-19-11-6-12-20-32)41(43)42-38(28-26-36(46)44(42)52-30-40(48)50-4-2)54(33-21-13-7-14-22-33)34-23-15-8-16-24-34/h5-28H,3-4,29-30H2,1-2H3. The smallest absolute Gasteiger partial charge is 0.344 e. The monoisotopic (exact) mass is 794 g/mol. The van der Waals surface area contributed by atoms with Crippen LogP contribution in [0.5, 0.6) is 11.5 Å². The summed E-state index contributed by atoms with van der Waals surface area (Å²) >= 11 is 14.2. The summed E-state index contributed by atoms with van der Waals surface area (Å²) in [5.41, 5.74) is 1.20. The van der Waals surface area contributed by atoms with E-state index >= 15 is 0 Å². The van der Waals surface area contributed by atoms with Crippen LogP contribution in [0.15, 0.2) is 146 Å². The Labute approximate surface area is 328 Å². The van der Waals surface area contributed by atoms with E-state index in [1.807, 2.05) is 84.9 Å². The van der Waals surface area contributed by atoms with Crippen LogP contribution < -0.4 is 41.3 Å². The van der Waals surface area contributed by atoms with Gasteiger partial charge in [0.1, 0.15) is 11.5 Å². The lowest BCUT2D eigenvalue weighted by atomic mass is 10.0. The quantitative estimate of drug-likeness (QED) is 0.0775.